The molecule has 2 aromatic rings. The Kier molecular flexibility index (Phi) is 5.88. The second-order valence-corrected chi connectivity index (χ2v) is 10.8. The Morgan fingerprint density at radius 3 is 2.50 bits per heavy atom. The van der Waals surface area contributed by atoms with Crippen LogP contribution in [0.15, 0.2) is 52.9 Å². The smallest absolute Gasteiger partial charge is 0.310 e. The van der Waals surface area contributed by atoms with E-state index in [1.165, 1.54) is 23.6 Å². The van der Waals surface area contributed by atoms with Gasteiger partial charge in [-0.15, -0.1) is 0 Å². The molecular formula is C19H18F6N2O3S2. The second kappa shape index (κ2) is 7.80. The number of aromatic nitrogens is 1. The minimum absolute atomic E-state index is 0.00488. The molecule has 2 atom stereocenters. The van der Waals surface area contributed by atoms with Crippen LogP contribution in [0.25, 0.3) is 0 Å². The molecule has 13 heteroatoms. The first-order valence-electron chi connectivity index (χ1n) is 9.02. The number of carbonyl (C=O) groups is 1. The van der Waals surface area contributed by atoms with Crippen molar-refractivity contribution in [3.05, 3.63) is 65.0 Å². The molecule has 1 amide bonds. The molecule has 1 aromatic carbocycles. The minimum atomic E-state index is -10.0. The molecule has 0 saturated heterocycles. The Morgan fingerprint density at radius 1 is 1.22 bits per heavy atom. The number of hydrogen-bond donors (Lipinski definition) is 0. The lowest BCUT2D eigenvalue weighted by Gasteiger charge is -2.40. The number of benzene rings is 1. The van der Waals surface area contributed by atoms with Crippen molar-refractivity contribution >= 4 is 26.9 Å². The zero-order valence-electron chi connectivity index (χ0n) is 16.5. The Hall–Kier alpha value is -2.54. The number of methoxy groups -OCH3 is 1. The monoisotopic (exact) mass is 500 g/mol. The van der Waals surface area contributed by atoms with Gasteiger partial charge >= 0.3 is 10.2 Å². The maximum atomic E-state index is 14.2. The zero-order valence-corrected chi connectivity index (χ0v) is 18.2. The van der Waals surface area contributed by atoms with Crippen molar-refractivity contribution in [2.75, 3.05) is 12.9 Å². The second-order valence-electron chi connectivity index (χ2n) is 7.07. The highest BCUT2D eigenvalue weighted by Crippen LogP contribution is 3.02. The maximum Gasteiger partial charge on any atom is 0.310 e. The molecule has 0 spiro atoms. The fraction of sp³-hybridized carbons (Fsp3) is 0.263. The summed E-state index contributed by atoms with van der Waals surface area (Å²) in [5.74, 6) is -1.88. The van der Waals surface area contributed by atoms with Gasteiger partial charge in [0.15, 0.2) is 0 Å². The minimum Gasteiger partial charge on any atom is -0.481 e. The highest BCUT2D eigenvalue weighted by molar-refractivity contribution is 8.45. The zero-order chi connectivity index (χ0) is 23.8. The van der Waals surface area contributed by atoms with Crippen LogP contribution in [0.3, 0.4) is 0 Å². The predicted octanol–water partition coefficient (Wildman–Crippen LogP) is 5.10. The van der Waals surface area contributed by atoms with E-state index in [-0.39, 0.29) is 30.3 Å². The average Bonchev–Trinajstić information content (AvgIpc) is 3.11. The Labute approximate surface area is 182 Å². The molecule has 2 heterocycles. The van der Waals surface area contributed by atoms with Gasteiger partial charge in [-0.2, -0.15) is 0 Å². The molecule has 176 valence electrons. The van der Waals surface area contributed by atoms with Crippen LogP contribution < -0.4 is 4.74 Å². The standard InChI is InChI=1S/C19H18F6N2O3S2/c1-30-18-8-13(4-6-26-18)11-27(15-5-7-31(29)12-15)19(28)9-14-2-3-16(10-17(14)20)32(21,22,23,24)25/h2-8,10,15H,9,11-12H2,1H3. The fourth-order valence-electron chi connectivity index (χ4n) is 3.07. The van der Waals surface area contributed by atoms with E-state index in [1.54, 1.807) is 18.2 Å². The van der Waals surface area contributed by atoms with E-state index in [0.29, 0.717) is 11.6 Å². The van der Waals surface area contributed by atoms with Crippen LogP contribution >= 0.6 is 10.2 Å². The quantitative estimate of drug-likeness (QED) is 0.497. The first kappa shape index (κ1) is 24.1. The first-order valence-corrected chi connectivity index (χ1v) is 12.4. The summed E-state index contributed by atoms with van der Waals surface area (Å²) in [5.41, 5.74) is 0.119. The molecule has 0 N–H and O–H groups in total. The lowest BCUT2D eigenvalue weighted by Crippen LogP contribution is -2.41. The third-order valence-electron chi connectivity index (χ3n) is 4.68. The van der Waals surface area contributed by atoms with Gasteiger partial charge in [0.1, 0.15) is 10.7 Å². The summed E-state index contributed by atoms with van der Waals surface area (Å²) in [4.78, 5) is 15.8. The maximum absolute atomic E-state index is 14.2. The van der Waals surface area contributed by atoms with Gasteiger partial charge in [0.2, 0.25) is 11.8 Å². The van der Waals surface area contributed by atoms with Crippen molar-refractivity contribution in [3.8, 4) is 5.88 Å². The molecule has 5 nitrogen and oxygen atoms in total. The van der Waals surface area contributed by atoms with Crippen molar-refractivity contribution in [2.45, 2.75) is 23.9 Å². The summed E-state index contributed by atoms with van der Waals surface area (Å²) in [7, 11) is -9.97. The van der Waals surface area contributed by atoms with E-state index in [1.807, 2.05) is 0 Å². The van der Waals surface area contributed by atoms with Crippen LogP contribution in [0.1, 0.15) is 11.1 Å². The molecule has 3 rings (SSSR count). The molecule has 2 unspecified atom stereocenters. The lowest BCUT2D eigenvalue weighted by atomic mass is 10.1. The Balaban J connectivity index is 1.87. The van der Waals surface area contributed by atoms with E-state index in [2.05, 4.69) is 4.98 Å². The average molecular weight is 500 g/mol. The number of ether oxygens (including phenoxy) is 1. The summed E-state index contributed by atoms with van der Waals surface area (Å²) >= 11 is 0. The molecule has 1 aliphatic heterocycles. The molecule has 32 heavy (non-hydrogen) atoms. The van der Waals surface area contributed by atoms with Crippen LogP contribution in [0.4, 0.5) is 23.8 Å². The van der Waals surface area contributed by atoms with Crippen LogP contribution in [0.2, 0.25) is 0 Å². The van der Waals surface area contributed by atoms with E-state index < -0.39 is 55.7 Å². The molecule has 0 aliphatic carbocycles. The Bertz CT molecular complexity index is 1110. The molecular weight excluding hydrogens is 482 g/mol. The van der Waals surface area contributed by atoms with Gasteiger partial charge < -0.3 is 9.64 Å². The number of halogens is 6. The number of amides is 1. The van der Waals surface area contributed by atoms with Gasteiger partial charge in [-0.1, -0.05) is 31.6 Å². The number of pyridine rings is 1. The van der Waals surface area contributed by atoms with Crippen molar-refractivity contribution in [1.29, 1.82) is 0 Å². The van der Waals surface area contributed by atoms with Crippen LogP contribution in [0, 0.1) is 5.82 Å². The lowest BCUT2D eigenvalue weighted by molar-refractivity contribution is -0.132. The summed E-state index contributed by atoms with van der Waals surface area (Å²) in [6.07, 6.45) is 2.31. The van der Waals surface area contributed by atoms with Crippen LogP contribution in [0.5, 0.6) is 5.88 Å². The van der Waals surface area contributed by atoms with E-state index in [9.17, 15) is 32.8 Å². The molecule has 1 aliphatic rings. The summed E-state index contributed by atoms with van der Waals surface area (Å²) in [5, 5.41) is 1.40. The van der Waals surface area contributed by atoms with Gasteiger partial charge in [0.05, 0.1) is 25.3 Å². The summed E-state index contributed by atoms with van der Waals surface area (Å²) < 4.78 is 95.5. The van der Waals surface area contributed by atoms with Gasteiger partial charge in [-0.05, 0) is 29.3 Å². The van der Waals surface area contributed by atoms with Crippen molar-refractivity contribution < 1.29 is 37.6 Å². The predicted molar refractivity (Wildman–Crippen MR) is 109 cm³/mol. The molecule has 0 fully saturated rings. The Morgan fingerprint density at radius 2 is 1.94 bits per heavy atom. The summed E-state index contributed by atoms with van der Waals surface area (Å²) in [6.45, 7) is -0.00488. The summed E-state index contributed by atoms with van der Waals surface area (Å²) in [6, 6.07) is 2.84. The number of nitrogens with zero attached hydrogens (tertiary/aromatic N) is 2. The first-order chi connectivity index (χ1) is 14.7. The van der Waals surface area contributed by atoms with Gasteiger partial charge in [-0.25, -0.2) is 9.37 Å². The molecule has 0 radical (unpaired) electrons. The number of hydrogen-bond acceptors (Lipinski definition) is 4. The largest absolute Gasteiger partial charge is 0.481 e. The molecule has 1 aromatic heterocycles. The molecule has 0 saturated carbocycles. The van der Waals surface area contributed by atoms with Crippen LogP contribution in [-0.2, 0) is 28.6 Å². The van der Waals surface area contributed by atoms with Gasteiger partial charge in [0, 0.05) is 35.0 Å². The normalized spacial score (nSPS) is 20.5. The topological polar surface area (TPSA) is 59.5 Å². The molecule has 0 bridgehead atoms. The van der Waals surface area contributed by atoms with Gasteiger partial charge in [-0.3, -0.25) is 9.00 Å². The highest BCUT2D eigenvalue weighted by Gasteiger charge is 2.65. The van der Waals surface area contributed by atoms with E-state index in [0.717, 1.165) is 0 Å². The number of carbonyl (C=O) groups excluding carboxylic acids is 1. The van der Waals surface area contributed by atoms with Crippen molar-refractivity contribution in [3.63, 3.8) is 0 Å². The third kappa shape index (κ3) is 5.82. The van der Waals surface area contributed by atoms with E-state index >= 15 is 0 Å². The SMILES string of the molecule is COc1cc(CN(C(=O)Cc2ccc(S(F)(F)(F)(F)F)cc2F)C2C=CS(=O)C2)ccn1. The van der Waals surface area contributed by atoms with Crippen molar-refractivity contribution in [2.24, 2.45) is 0 Å². The highest BCUT2D eigenvalue weighted by atomic mass is 32.5. The van der Waals surface area contributed by atoms with Crippen LogP contribution in [-0.4, -0.2) is 38.9 Å². The number of rotatable bonds is 7. The van der Waals surface area contributed by atoms with E-state index in [4.69, 9.17) is 4.74 Å². The fourth-order valence-corrected chi connectivity index (χ4v) is 4.82. The van der Waals surface area contributed by atoms with Gasteiger partial charge in [0.25, 0.3) is 0 Å². The third-order valence-corrected chi connectivity index (χ3v) is 6.96. The van der Waals surface area contributed by atoms with Crippen molar-refractivity contribution in [1.82, 2.24) is 9.88 Å².